The van der Waals surface area contributed by atoms with Crippen LogP contribution in [-0.4, -0.2) is 89.8 Å². The number of benzene rings is 1. The van der Waals surface area contributed by atoms with Crippen LogP contribution in [0.4, 0.5) is 5.82 Å². The predicted octanol–water partition coefficient (Wildman–Crippen LogP) is 4.46. The van der Waals surface area contributed by atoms with Gasteiger partial charge >= 0.3 is 5.97 Å². The van der Waals surface area contributed by atoms with Crippen molar-refractivity contribution in [3.05, 3.63) is 53.2 Å². The molecular weight excluding hydrogens is 584 g/mol. The number of hydrogen-bond donors (Lipinski definition) is 2. The summed E-state index contributed by atoms with van der Waals surface area (Å²) in [4.78, 5) is 35.7. The predicted molar refractivity (Wildman–Crippen MR) is 167 cm³/mol. The number of thiophene rings is 1. The van der Waals surface area contributed by atoms with Gasteiger partial charge < -0.3 is 34.0 Å². The Balaban J connectivity index is 1.20. The molecule has 2 N–H and O–H groups in total. The van der Waals surface area contributed by atoms with E-state index in [1.807, 2.05) is 6.07 Å². The number of aromatic nitrogens is 5. The maximum Gasteiger partial charge on any atom is 0.376 e. The molecule has 232 valence electrons. The van der Waals surface area contributed by atoms with Gasteiger partial charge in [0, 0.05) is 31.0 Å². The minimum atomic E-state index is -0.616. The fraction of sp³-hybridized carbons (Fsp3) is 0.452. The lowest BCUT2D eigenvalue weighted by Crippen LogP contribution is -2.32. The Labute approximate surface area is 258 Å². The van der Waals surface area contributed by atoms with Gasteiger partial charge in [0.15, 0.2) is 0 Å². The van der Waals surface area contributed by atoms with Gasteiger partial charge in [-0.2, -0.15) is 0 Å². The van der Waals surface area contributed by atoms with Gasteiger partial charge in [0.1, 0.15) is 17.3 Å². The highest BCUT2D eigenvalue weighted by Crippen LogP contribution is 2.38. The minimum absolute atomic E-state index is 0.0171. The second-order valence-electron chi connectivity index (χ2n) is 11.1. The Hall–Kier alpha value is -3.75. The molecule has 5 heterocycles. The molecule has 0 amide bonds. The summed E-state index contributed by atoms with van der Waals surface area (Å²) in [5.41, 5.74) is 5.53. The molecule has 1 aromatic carbocycles. The summed E-state index contributed by atoms with van der Waals surface area (Å²) in [5.74, 6) is -0.0573. The number of aromatic amines is 1. The lowest BCUT2D eigenvalue weighted by atomic mass is 9.95. The molecule has 0 saturated heterocycles. The fourth-order valence-electron chi connectivity index (χ4n) is 5.05. The smallest absolute Gasteiger partial charge is 0.376 e. The van der Waals surface area contributed by atoms with Gasteiger partial charge in [0.05, 0.1) is 78.5 Å². The van der Waals surface area contributed by atoms with Crippen LogP contribution >= 0.6 is 11.3 Å². The van der Waals surface area contributed by atoms with Crippen LogP contribution in [0.15, 0.2) is 30.6 Å². The number of pyridine rings is 1. The van der Waals surface area contributed by atoms with Gasteiger partial charge in [0.2, 0.25) is 5.82 Å². The van der Waals surface area contributed by atoms with Gasteiger partial charge in [-0.15, -0.1) is 11.3 Å². The Morgan fingerprint density at radius 3 is 2.73 bits per heavy atom. The third-order valence-corrected chi connectivity index (χ3v) is 8.42. The molecule has 0 bridgehead atoms. The SMILES string of the molecule is COCCOCCOCCOC(=O)c1nc(NCCc2ccc3nc[nH]c3c2)c2sc3nc4c(cc3c2n1)COC(C)(C)C4. The summed E-state index contributed by atoms with van der Waals surface area (Å²) in [6.45, 7) is 7.40. The Kier molecular flexibility index (Phi) is 9.28. The molecule has 0 aliphatic carbocycles. The molecule has 0 radical (unpaired) electrons. The third-order valence-electron chi connectivity index (χ3n) is 7.33. The molecule has 4 aromatic heterocycles. The van der Waals surface area contributed by atoms with E-state index in [0.717, 1.165) is 55.6 Å². The Morgan fingerprint density at radius 1 is 1.07 bits per heavy atom. The van der Waals surface area contributed by atoms with E-state index in [-0.39, 0.29) is 24.6 Å². The van der Waals surface area contributed by atoms with E-state index in [9.17, 15) is 4.79 Å². The lowest BCUT2D eigenvalue weighted by Gasteiger charge is -2.30. The van der Waals surface area contributed by atoms with E-state index in [2.05, 4.69) is 57.3 Å². The number of H-pyrrole nitrogens is 1. The first kappa shape index (κ1) is 30.3. The molecule has 0 fully saturated rings. The molecule has 13 heteroatoms. The molecular formula is C31H36N6O6S. The number of carbonyl (C=O) groups is 1. The first-order valence-corrected chi connectivity index (χ1v) is 15.5. The average Bonchev–Trinajstić information content (AvgIpc) is 3.62. The zero-order chi connectivity index (χ0) is 30.5. The van der Waals surface area contributed by atoms with Gasteiger partial charge in [-0.25, -0.2) is 24.7 Å². The summed E-state index contributed by atoms with van der Waals surface area (Å²) < 4.78 is 28.2. The van der Waals surface area contributed by atoms with Crippen molar-refractivity contribution < 1.29 is 28.5 Å². The maximum absolute atomic E-state index is 13.1. The summed E-state index contributed by atoms with van der Waals surface area (Å²) in [6.07, 6.45) is 3.16. The normalized spacial score (nSPS) is 14.3. The summed E-state index contributed by atoms with van der Waals surface area (Å²) in [7, 11) is 1.62. The van der Waals surface area contributed by atoms with E-state index in [1.165, 1.54) is 11.3 Å². The highest BCUT2D eigenvalue weighted by atomic mass is 32.1. The van der Waals surface area contributed by atoms with Crippen LogP contribution in [0.1, 0.15) is 41.3 Å². The number of rotatable bonds is 14. The zero-order valence-corrected chi connectivity index (χ0v) is 25.9. The molecule has 12 nitrogen and oxygen atoms in total. The molecule has 5 aromatic rings. The highest BCUT2D eigenvalue weighted by Gasteiger charge is 2.29. The van der Waals surface area contributed by atoms with Crippen LogP contribution in [0.2, 0.25) is 0 Å². The van der Waals surface area contributed by atoms with Crippen LogP contribution < -0.4 is 5.32 Å². The number of nitrogens with one attached hydrogen (secondary N) is 2. The van der Waals surface area contributed by atoms with Crippen LogP contribution in [-0.2, 0) is 43.1 Å². The minimum Gasteiger partial charge on any atom is -0.457 e. The number of ether oxygens (including phenoxy) is 5. The van der Waals surface area contributed by atoms with Crippen molar-refractivity contribution in [3.63, 3.8) is 0 Å². The van der Waals surface area contributed by atoms with Gasteiger partial charge in [-0.3, -0.25) is 0 Å². The summed E-state index contributed by atoms with van der Waals surface area (Å²) in [5, 5.41) is 4.32. The number of hydrogen-bond acceptors (Lipinski definition) is 12. The Morgan fingerprint density at radius 2 is 1.89 bits per heavy atom. The number of anilines is 1. The molecule has 0 unspecified atom stereocenters. The van der Waals surface area contributed by atoms with Crippen LogP contribution in [0.5, 0.6) is 0 Å². The van der Waals surface area contributed by atoms with E-state index in [4.69, 9.17) is 28.7 Å². The van der Waals surface area contributed by atoms with E-state index < -0.39 is 5.97 Å². The van der Waals surface area contributed by atoms with Gasteiger partial charge in [-0.1, -0.05) is 6.07 Å². The standard InChI is InChI=1S/C31H36N6O6S/c1-31(2)16-24-20(17-43-31)15-21-25-26(44-29(21)35-24)27(32-7-6-19-4-5-22-23(14-19)34-18-33-22)37-28(36-25)30(38)42-13-12-41-11-10-40-9-8-39-3/h4-5,14-15,18H,6-13,16-17H2,1-3H3,(H,33,34)(H,32,36,37). The van der Waals surface area contributed by atoms with Crippen molar-refractivity contribution in [2.75, 3.05) is 58.6 Å². The van der Waals surface area contributed by atoms with Crippen molar-refractivity contribution in [3.8, 4) is 0 Å². The average molecular weight is 621 g/mol. The fourth-order valence-corrected chi connectivity index (χ4v) is 6.13. The van der Waals surface area contributed by atoms with E-state index >= 15 is 0 Å². The zero-order valence-electron chi connectivity index (χ0n) is 25.1. The molecule has 0 spiro atoms. The number of nitrogens with zero attached hydrogens (tertiary/aromatic N) is 4. The number of methoxy groups -OCH3 is 1. The maximum atomic E-state index is 13.1. The molecule has 44 heavy (non-hydrogen) atoms. The van der Waals surface area contributed by atoms with Crippen LogP contribution in [0, 0.1) is 0 Å². The van der Waals surface area contributed by atoms with Gasteiger partial charge in [0.25, 0.3) is 0 Å². The summed E-state index contributed by atoms with van der Waals surface area (Å²) >= 11 is 1.52. The largest absolute Gasteiger partial charge is 0.457 e. The molecule has 1 aliphatic heterocycles. The number of carbonyl (C=O) groups excluding carboxylic acids is 1. The van der Waals surface area contributed by atoms with Crippen LogP contribution in [0.3, 0.4) is 0 Å². The first-order chi connectivity index (χ1) is 21.4. The van der Waals surface area contributed by atoms with E-state index in [1.54, 1.807) is 13.4 Å². The molecule has 1 aliphatic rings. The van der Waals surface area contributed by atoms with Crippen molar-refractivity contribution in [1.29, 1.82) is 0 Å². The van der Waals surface area contributed by atoms with Crippen molar-refractivity contribution in [1.82, 2.24) is 24.9 Å². The van der Waals surface area contributed by atoms with Crippen molar-refractivity contribution in [2.24, 2.45) is 0 Å². The third kappa shape index (κ3) is 6.97. The second-order valence-corrected chi connectivity index (χ2v) is 12.1. The number of fused-ring (bicyclic) bond motifs is 5. The molecule has 0 atom stereocenters. The number of imidazole rings is 1. The van der Waals surface area contributed by atoms with Crippen LogP contribution in [0.25, 0.3) is 31.5 Å². The van der Waals surface area contributed by atoms with Gasteiger partial charge in [-0.05, 0) is 44.0 Å². The highest BCUT2D eigenvalue weighted by molar-refractivity contribution is 7.25. The van der Waals surface area contributed by atoms with Crippen molar-refractivity contribution in [2.45, 2.75) is 38.9 Å². The lowest BCUT2D eigenvalue weighted by molar-refractivity contribution is -0.0411. The number of esters is 1. The second kappa shape index (κ2) is 13.5. The first-order valence-electron chi connectivity index (χ1n) is 14.6. The van der Waals surface area contributed by atoms with Crippen molar-refractivity contribution >= 4 is 54.6 Å². The quantitative estimate of drug-likeness (QED) is 0.134. The summed E-state index contributed by atoms with van der Waals surface area (Å²) in [6, 6.07) is 8.24. The monoisotopic (exact) mass is 620 g/mol. The van der Waals surface area contributed by atoms with E-state index in [0.29, 0.717) is 50.9 Å². The Bertz CT molecular complexity index is 1770. The molecule has 0 saturated carbocycles. The topological polar surface area (TPSA) is 143 Å². The molecule has 6 rings (SSSR count).